The highest BCUT2D eigenvalue weighted by Gasteiger charge is 2.55. The van der Waals surface area contributed by atoms with Crippen molar-refractivity contribution in [3.8, 4) is 0 Å². The van der Waals surface area contributed by atoms with Crippen LogP contribution in [0.1, 0.15) is 24.7 Å². The Kier molecular flexibility index (Phi) is 12.7. The highest BCUT2D eigenvalue weighted by Crippen LogP contribution is 2.42. The minimum Gasteiger partial charge on any atom is -0.477 e. The molecule has 0 saturated carbocycles. The topological polar surface area (TPSA) is 336 Å². The summed E-state index contributed by atoms with van der Waals surface area (Å²) >= 11 is 4.82. The Morgan fingerprint density at radius 1 is 0.929 bits per heavy atom. The number of hydrogen-bond donors (Lipinski definition) is 8. The average molecular weight is 849 g/mol. The molecule has 56 heavy (non-hydrogen) atoms. The molecule has 2 aromatic rings. The van der Waals surface area contributed by atoms with Crippen LogP contribution in [0.3, 0.4) is 0 Å². The number of carboxylic acids is 2. The number of aliphatic carboxylic acids is 2. The van der Waals surface area contributed by atoms with Crippen LogP contribution in [0.2, 0.25) is 0 Å². The van der Waals surface area contributed by atoms with Gasteiger partial charge in [-0.05, 0) is 12.0 Å². The molecule has 2 aromatic heterocycles. The second-order valence-corrected chi connectivity index (χ2v) is 15.6. The van der Waals surface area contributed by atoms with Crippen molar-refractivity contribution in [1.29, 1.82) is 0 Å². The molecule has 4 aliphatic rings. The number of fused-ring (bicyclic) bond motifs is 2. The number of oxime groups is 1. The Morgan fingerprint density at radius 3 is 1.95 bits per heavy atom. The van der Waals surface area contributed by atoms with Gasteiger partial charge in [0.05, 0.1) is 11.3 Å². The van der Waals surface area contributed by atoms with Crippen LogP contribution in [0.25, 0.3) is 5.57 Å². The first-order valence-electron chi connectivity index (χ1n) is 16.0. The van der Waals surface area contributed by atoms with E-state index in [1.54, 1.807) is 11.5 Å². The number of carbonyl (C=O) groups excluding carboxylic acids is 5. The zero-order chi connectivity index (χ0) is 41.0. The Bertz CT molecular complexity index is 2140. The Balaban J connectivity index is 0.000000216. The molecule has 296 valence electrons. The Morgan fingerprint density at radius 2 is 1.46 bits per heavy atom. The van der Waals surface area contributed by atoms with Crippen LogP contribution >= 0.6 is 46.2 Å². The number of thiazole rings is 2. The fraction of sp³-hybridized carbons (Fsp3) is 0.290. The average Bonchev–Trinajstić information content (AvgIpc) is 3.80. The van der Waals surface area contributed by atoms with Gasteiger partial charge >= 0.3 is 18.0 Å². The third-order valence-electron chi connectivity index (χ3n) is 8.19. The summed E-state index contributed by atoms with van der Waals surface area (Å²) in [6.07, 6.45) is 2.60. The molecule has 0 radical (unpaired) electrons. The zero-order valence-corrected chi connectivity index (χ0v) is 32.1. The SMILES string of the molecule is C=CC1=C(C(=O)O)N2C(=O)[C@@H](NC(=O)/C(=N\O)c3csc(N)n3)[C@H]2SC1.CC/C=C(\C(=O)N[C@@H]1C(=O)N2C(C(=O)O)=C(COC(N)=O)CS[C@H]12)c1csc(N)n1. The number of nitrogen functional groups attached to an aromatic ring is 2. The molecule has 6 rings (SSSR count). The maximum Gasteiger partial charge on any atom is 0.404 e. The monoisotopic (exact) mass is 848 g/mol. The highest BCUT2D eigenvalue weighted by molar-refractivity contribution is 8.00. The third kappa shape index (κ3) is 8.19. The van der Waals surface area contributed by atoms with E-state index in [9.17, 15) is 43.8 Å². The summed E-state index contributed by atoms with van der Waals surface area (Å²) in [4.78, 5) is 94.4. The number of nitrogens with one attached hydrogen (secondary N) is 2. The number of carboxylic acid groups (broad SMARTS) is 2. The van der Waals surface area contributed by atoms with Gasteiger partial charge in [0.15, 0.2) is 16.0 Å². The molecular formula is C31H32N10O11S4. The van der Waals surface area contributed by atoms with Gasteiger partial charge in [0.2, 0.25) is 0 Å². The van der Waals surface area contributed by atoms with Crippen molar-refractivity contribution in [1.82, 2.24) is 30.4 Å². The number of carbonyl (C=O) groups is 7. The molecule has 5 amide bonds. The molecule has 11 N–H and O–H groups in total. The molecule has 0 bridgehead atoms. The van der Waals surface area contributed by atoms with Gasteiger partial charge in [0.25, 0.3) is 23.6 Å². The summed E-state index contributed by atoms with van der Waals surface area (Å²) in [6, 6.07) is -1.84. The number of β-lactam (4-membered cyclic amide) rings is 2. The van der Waals surface area contributed by atoms with Crippen molar-refractivity contribution in [2.24, 2.45) is 10.9 Å². The van der Waals surface area contributed by atoms with E-state index in [0.717, 1.165) is 21.1 Å². The summed E-state index contributed by atoms with van der Waals surface area (Å²) in [7, 11) is 0. The number of thioether (sulfide) groups is 2. The molecule has 0 aromatic carbocycles. The normalized spacial score (nSPS) is 21.7. The summed E-state index contributed by atoms with van der Waals surface area (Å²) in [5.41, 5.74) is 16.8. The van der Waals surface area contributed by atoms with Crippen LogP contribution in [0.15, 0.2) is 57.2 Å². The number of nitrogens with zero attached hydrogens (tertiary/aromatic N) is 5. The van der Waals surface area contributed by atoms with E-state index in [0.29, 0.717) is 34.1 Å². The minimum atomic E-state index is -1.33. The largest absolute Gasteiger partial charge is 0.477 e. The Labute approximate surface area is 332 Å². The quantitative estimate of drug-likeness (QED) is 0.0464. The molecule has 0 spiro atoms. The van der Waals surface area contributed by atoms with E-state index in [1.165, 1.54) is 46.3 Å². The fourth-order valence-corrected chi connectivity index (χ4v) is 9.50. The van der Waals surface area contributed by atoms with E-state index in [2.05, 4.69) is 37.1 Å². The molecule has 4 aliphatic heterocycles. The smallest absolute Gasteiger partial charge is 0.404 e. The van der Waals surface area contributed by atoms with Crippen molar-refractivity contribution >= 4 is 109 Å². The summed E-state index contributed by atoms with van der Waals surface area (Å²) < 4.78 is 4.68. The van der Waals surface area contributed by atoms with Gasteiger partial charge in [-0.1, -0.05) is 30.8 Å². The second-order valence-electron chi connectivity index (χ2n) is 11.6. The Hall–Kier alpha value is -5.92. The van der Waals surface area contributed by atoms with Crippen molar-refractivity contribution < 1.29 is 53.7 Å². The standard InChI is InChI=1S/C17H19N5O6S2.C14H13N5O5S2/c1-2-3-8(9-6-30-16(18)20-9)12(23)21-10-13(24)22-11(15(25)26)7(4-28-17(19)27)5-29-14(10)22;1-2-5-3-25-12-8(11(21)19(12)9(5)13(22)23)17-10(20)7(18-24)6-4-26-14(15)16-6/h3,6,10,14H,2,4-5H2,1H3,(H2,18,20)(H2,19,27)(H,21,23)(H,25,26);2,4,8,12,24H,1,3H2,(H2,15,16)(H,17,20)(H,22,23)/b8-3-;18-7-/t10-,14-;8-,12-/m11/s1. The molecule has 6 heterocycles. The number of allylic oxidation sites excluding steroid dienone is 2. The number of aromatic nitrogens is 2. The number of ether oxygens (including phenoxy) is 1. The first kappa shape index (κ1) is 41.2. The van der Waals surface area contributed by atoms with Crippen LogP contribution in [-0.2, 0) is 33.5 Å². The van der Waals surface area contributed by atoms with Gasteiger partial charge in [-0.25, -0.2) is 24.4 Å². The number of primary amides is 1. The van der Waals surface area contributed by atoms with Gasteiger partial charge in [0.1, 0.15) is 46.5 Å². The van der Waals surface area contributed by atoms with E-state index in [1.807, 2.05) is 6.92 Å². The van der Waals surface area contributed by atoms with Crippen LogP contribution in [-0.4, -0.2) is 124 Å². The maximum atomic E-state index is 12.8. The molecule has 21 nitrogen and oxygen atoms in total. The molecule has 4 atom stereocenters. The van der Waals surface area contributed by atoms with Crippen LogP contribution in [0.4, 0.5) is 15.1 Å². The van der Waals surface area contributed by atoms with E-state index in [-0.39, 0.29) is 45.9 Å². The number of nitrogens with two attached hydrogens (primary N) is 3. The number of amides is 5. The van der Waals surface area contributed by atoms with Crippen molar-refractivity contribution in [3.05, 3.63) is 63.4 Å². The number of rotatable bonds is 12. The second kappa shape index (κ2) is 17.3. The molecular weight excluding hydrogens is 817 g/mol. The number of anilines is 2. The predicted octanol–water partition coefficient (Wildman–Crippen LogP) is 0.181. The van der Waals surface area contributed by atoms with Gasteiger partial charge in [-0.3, -0.25) is 29.0 Å². The van der Waals surface area contributed by atoms with Crippen LogP contribution < -0.4 is 27.8 Å². The fourth-order valence-electron chi connectivity index (χ4n) is 5.72. The van der Waals surface area contributed by atoms with Crippen molar-refractivity contribution in [2.45, 2.75) is 36.2 Å². The highest BCUT2D eigenvalue weighted by atomic mass is 32.2. The third-order valence-corrected chi connectivity index (χ3v) is 12.2. The summed E-state index contributed by atoms with van der Waals surface area (Å²) in [5, 5.41) is 38.5. The molecule has 2 saturated heterocycles. The minimum absolute atomic E-state index is 0.0764. The van der Waals surface area contributed by atoms with Gasteiger partial charge in [-0.15, -0.1) is 46.2 Å². The van der Waals surface area contributed by atoms with Crippen LogP contribution in [0.5, 0.6) is 0 Å². The van der Waals surface area contributed by atoms with Gasteiger partial charge < -0.3 is 48.0 Å². The predicted molar refractivity (Wildman–Crippen MR) is 205 cm³/mol. The van der Waals surface area contributed by atoms with E-state index >= 15 is 0 Å². The lowest BCUT2D eigenvalue weighted by Crippen LogP contribution is -2.71. The molecule has 0 aliphatic carbocycles. The van der Waals surface area contributed by atoms with Crippen molar-refractivity contribution in [3.63, 3.8) is 0 Å². The van der Waals surface area contributed by atoms with Crippen LogP contribution in [0, 0.1) is 0 Å². The lowest BCUT2D eigenvalue weighted by atomic mass is 10.0. The lowest BCUT2D eigenvalue weighted by molar-refractivity contribution is -0.150. The number of hydrogen-bond acceptors (Lipinski definition) is 18. The summed E-state index contributed by atoms with van der Waals surface area (Å²) in [6.45, 7) is 5.09. The zero-order valence-electron chi connectivity index (χ0n) is 28.9. The first-order chi connectivity index (χ1) is 26.6. The van der Waals surface area contributed by atoms with E-state index < -0.39 is 64.5 Å². The first-order valence-corrected chi connectivity index (χ1v) is 19.8. The van der Waals surface area contributed by atoms with Gasteiger partial charge in [0, 0.05) is 27.8 Å². The van der Waals surface area contributed by atoms with Gasteiger partial charge in [-0.2, -0.15) is 0 Å². The van der Waals surface area contributed by atoms with Crippen molar-refractivity contribution in [2.75, 3.05) is 29.6 Å². The van der Waals surface area contributed by atoms with E-state index in [4.69, 9.17) is 22.4 Å². The molecule has 25 heteroatoms. The summed E-state index contributed by atoms with van der Waals surface area (Å²) in [5.74, 6) is -4.46. The lowest BCUT2D eigenvalue weighted by Gasteiger charge is -2.49. The molecule has 2 fully saturated rings. The maximum absolute atomic E-state index is 12.8. The molecule has 0 unspecified atom stereocenters.